The standard InChI is InChI=1S/C27H30N2O6/c1-29(24-15-34-13-23(24)26(31)32)25(30)16-10-11-17(12-16)28-27(33)35-14-22-20-8-4-2-6-18(20)19-7-3-5-9-21(19)22/h2-9,16-17,22-24H,10-15H2,1H3,(H,28,33)(H,31,32). The first-order chi connectivity index (χ1) is 16.9. The van der Waals surface area contributed by atoms with Crippen molar-refractivity contribution in [1.29, 1.82) is 0 Å². The molecule has 4 unspecified atom stereocenters. The smallest absolute Gasteiger partial charge is 0.407 e. The predicted octanol–water partition coefficient (Wildman–Crippen LogP) is 3.25. The number of benzene rings is 2. The molecule has 35 heavy (non-hydrogen) atoms. The molecular formula is C27H30N2O6. The Balaban J connectivity index is 1.14. The summed E-state index contributed by atoms with van der Waals surface area (Å²) in [5.74, 6) is -2.01. The number of nitrogens with zero attached hydrogens (tertiary/aromatic N) is 1. The summed E-state index contributed by atoms with van der Waals surface area (Å²) in [5, 5.41) is 12.3. The maximum Gasteiger partial charge on any atom is 0.407 e. The molecule has 184 valence electrons. The second-order valence-corrected chi connectivity index (χ2v) is 9.68. The molecule has 1 saturated heterocycles. The molecule has 2 aliphatic carbocycles. The molecule has 2 amide bonds. The number of nitrogens with one attached hydrogen (secondary N) is 1. The number of carboxylic acid groups (broad SMARTS) is 1. The number of fused-ring (bicyclic) bond motifs is 3. The summed E-state index contributed by atoms with van der Waals surface area (Å²) in [7, 11) is 1.64. The number of rotatable bonds is 6. The fourth-order valence-corrected chi connectivity index (χ4v) is 5.76. The van der Waals surface area contributed by atoms with E-state index in [2.05, 4.69) is 29.6 Å². The fourth-order valence-electron chi connectivity index (χ4n) is 5.76. The number of hydrogen-bond donors (Lipinski definition) is 2. The van der Waals surface area contributed by atoms with Crippen LogP contribution in [-0.2, 0) is 19.1 Å². The van der Waals surface area contributed by atoms with Crippen LogP contribution < -0.4 is 5.32 Å². The largest absolute Gasteiger partial charge is 0.481 e. The zero-order valence-corrected chi connectivity index (χ0v) is 19.7. The Morgan fingerprint density at radius 3 is 2.34 bits per heavy atom. The second-order valence-electron chi connectivity index (χ2n) is 9.68. The lowest BCUT2D eigenvalue weighted by Crippen LogP contribution is -2.46. The average Bonchev–Trinajstić information content (AvgIpc) is 3.60. The lowest BCUT2D eigenvalue weighted by Gasteiger charge is -2.28. The molecule has 0 radical (unpaired) electrons. The molecule has 3 aliphatic rings. The predicted molar refractivity (Wildman–Crippen MR) is 128 cm³/mol. The van der Waals surface area contributed by atoms with Gasteiger partial charge in [0.05, 0.1) is 19.3 Å². The monoisotopic (exact) mass is 478 g/mol. The molecular weight excluding hydrogens is 448 g/mol. The van der Waals surface area contributed by atoms with Crippen molar-refractivity contribution in [2.24, 2.45) is 11.8 Å². The lowest BCUT2D eigenvalue weighted by atomic mass is 9.98. The van der Waals surface area contributed by atoms with Crippen molar-refractivity contribution >= 4 is 18.0 Å². The summed E-state index contributed by atoms with van der Waals surface area (Å²) in [4.78, 5) is 38.6. The van der Waals surface area contributed by atoms with Gasteiger partial charge in [-0.1, -0.05) is 48.5 Å². The number of hydrogen-bond acceptors (Lipinski definition) is 5. The van der Waals surface area contributed by atoms with E-state index in [9.17, 15) is 19.5 Å². The first-order valence-electron chi connectivity index (χ1n) is 12.1. The number of ether oxygens (including phenoxy) is 2. The summed E-state index contributed by atoms with van der Waals surface area (Å²) in [5.41, 5.74) is 4.67. The van der Waals surface area contributed by atoms with Gasteiger partial charge in [0.2, 0.25) is 5.91 Å². The zero-order valence-electron chi connectivity index (χ0n) is 19.7. The quantitative estimate of drug-likeness (QED) is 0.660. The normalized spacial score (nSPS) is 25.1. The highest BCUT2D eigenvalue weighted by atomic mass is 16.5. The van der Waals surface area contributed by atoms with E-state index >= 15 is 0 Å². The number of carbonyl (C=O) groups excluding carboxylic acids is 2. The Hall–Kier alpha value is -3.39. The Morgan fingerprint density at radius 2 is 1.69 bits per heavy atom. The lowest BCUT2D eigenvalue weighted by molar-refractivity contribution is -0.145. The minimum absolute atomic E-state index is 0.00415. The molecule has 8 nitrogen and oxygen atoms in total. The van der Waals surface area contributed by atoms with E-state index in [-0.39, 0.29) is 43.6 Å². The molecule has 4 atom stereocenters. The highest BCUT2D eigenvalue weighted by molar-refractivity contribution is 5.81. The molecule has 8 heteroatoms. The molecule has 1 heterocycles. The van der Waals surface area contributed by atoms with Gasteiger partial charge in [-0.15, -0.1) is 0 Å². The van der Waals surface area contributed by atoms with E-state index < -0.39 is 24.0 Å². The molecule has 2 N–H and O–H groups in total. The van der Waals surface area contributed by atoms with E-state index in [0.717, 1.165) is 11.1 Å². The van der Waals surface area contributed by atoms with Crippen LogP contribution in [0.1, 0.15) is 36.3 Å². The first-order valence-corrected chi connectivity index (χ1v) is 12.1. The van der Waals surface area contributed by atoms with Gasteiger partial charge in [0, 0.05) is 24.9 Å². The topological polar surface area (TPSA) is 105 Å². The first kappa shape index (κ1) is 23.4. The van der Waals surface area contributed by atoms with Gasteiger partial charge >= 0.3 is 12.1 Å². The second kappa shape index (κ2) is 9.70. The van der Waals surface area contributed by atoms with Crippen LogP contribution in [0.15, 0.2) is 48.5 Å². The number of carbonyl (C=O) groups is 3. The van der Waals surface area contributed by atoms with Crippen LogP contribution >= 0.6 is 0 Å². The minimum Gasteiger partial charge on any atom is -0.481 e. The van der Waals surface area contributed by atoms with Crippen molar-refractivity contribution in [2.45, 2.75) is 37.3 Å². The highest BCUT2D eigenvalue weighted by Gasteiger charge is 2.41. The minimum atomic E-state index is -0.951. The van der Waals surface area contributed by atoms with Gasteiger partial charge < -0.3 is 24.8 Å². The van der Waals surface area contributed by atoms with E-state index in [0.29, 0.717) is 19.3 Å². The Kier molecular flexibility index (Phi) is 6.47. The van der Waals surface area contributed by atoms with Gasteiger partial charge in [-0.2, -0.15) is 0 Å². The third-order valence-electron chi connectivity index (χ3n) is 7.66. The van der Waals surface area contributed by atoms with Crippen molar-refractivity contribution in [3.8, 4) is 11.1 Å². The van der Waals surface area contributed by atoms with Crippen LogP contribution in [0.5, 0.6) is 0 Å². The Morgan fingerprint density at radius 1 is 1.03 bits per heavy atom. The van der Waals surface area contributed by atoms with Crippen molar-refractivity contribution in [2.75, 3.05) is 26.9 Å². The van der Waals surface area contributed by atoms with E-state index in [1.807, 2.05) is 24.3 Å². The molecule has 1 saturated carbocycles. The van der Waals surface area contributed by atoms with E-state index in [4.69, 9.17) is 9.47 Å². The molecule has 0 bridgehead atoms. The molecule has 2 fully saturated rings. The van der Waals surface area contributed by atoms with Gasteiger partial charge in [-0.05, 0) is 41.5 Å². The van der Waals surface area contributed by atoms with Gasteiger partial charge in [0.15, 0.2) is 0 Å². The van der Waals surface area contributed by atoms with Crippen LogP contribution in [0.3, 0.4) is 0 Å². The third-order valence-corrected chi connectivity index (χ3v) is 7.66. The average molecular weight is 479 g/mol. The molecule has 5 rings (SSSR count). The van der Waals surface area contributed by atoms with E-state index in [1.165, 1.54) is 16.0 Å². The van der Waals surface area contributed by atoms with Crippen LogP contribution in [0.2, 0.25) is 0 Å². The summed E-state index contributed by atoms with van der Waals surface area (Å²) >= 11 is 0. The van der Waals surface area contributed by atoms with Gasteiger partial charge in [-0.25, -0.2) is 4.79 Å². The number of carboxylic acids is 1. The van der Waals surface area contributed by atoms with Gasteiger partial charge in [-0.3, -0.25) is 9.59 Å². The molecule has 2 aromatic rings. The number of aliphatic carboxylic acids is 1. The maximum atomic E-state index is 13.0. The van der Waals surface area contributed by atoms with Crippen molar-refractivity contribution in [1.82, 2.24) is 10.2 Å². The summed E-state index contributed by atoms with van der Waals surface area (Å²) < 4.78 is 10.9. The summed E-state index contributed by atoms with van der Waals surface area (Å²) in [6.07, 6.45) is 1.35. The van der Waals surface area contributed by atoms with Crippen molar-refractivity contribution < 1.29 is 29.0 Å². The SMILES string of the molecule is CN(C(=O)C1CCC(NC(=O)OCC2c3ccccc3-c3ccccc32)C1)C1COCC1C(=O)O. The molecule has 0 spiro atoms. The molecule has 1 aliphatic heterocycles. The Labute approximate surface area is 204 Å². The Bertz CT molecular complexity index is 1090. The van der Waals surface area contributed by atoms with Crippen LogP contribution in [0.4, 0.5) is 4.79 Å². The van der Waals surface area contributed by atoms with Crippen LogP contribution in [0, 0.1) is 11.8 Å². The summed E-state index contributed by atoms with van der Waals surface area (Å²) in [6, 6.07) is 15.8. The van der Waals surface area contributed by atoms with Gasteiger partial charge in [0.25, 0.3) is 0 Å². The molecule has 0 aromatic heterocycles. The number of alkyl carbamates (subject to hydrolysis) is 1. The molecule has 2 aromatic carbocycles. The van der Waals surface area contributed by atoms with Crippen molar-refractivity contribution in [3.05, 3.63) is 59.7 Å². The zero-order chi connectivity index (χ0) is 24.5. The fraction of sp³-hybridized carbons (Fsp3) is 0.444. The number of amides is 2. The highest BCUT2D eigenvalue weighted by Crippen LogP contribution is 2.44. The van der Waals surface area contributed by atoms with E-state index in [1.54, 1.807) is 7.05 Å². The van der Waals surface area contributed by atoms with Gasteiger partial charge in [0.1, 0.15) is 12.5 Å². The van der Waals surface area contributed by atoms with Crippen LogP contribution in [-0.4, -0.2) is 66.9 Å². The maximum absolute atomic E-state index is 13.0. The number of likely N-dealkylation sites (N-methyl/N-ethyl adjacent to an activating group) is 1. The van der Waals surface area contributed by atoms with Crippen LogP contribution in [0.25, 0.3) is 11.1 Å². The summed E-state index contributed by atoms with van der Waals surface area (Å²) in [6.45, 7) is 0.595. The third kappa shape index (κ3) is 4.50. The van der Waals surface area contributed by atoms with Crippen molar-refractivity contribution in [3.63, 3.8) is 0 Å².